The van der Waals surface area contributed by atoms with Crippen LogP contribution in [0.3, 0.4) is 0 Å². The van der Waals surface area contributed by atoms with E-state index in [1.807, 2.05) is 24.3 Å². The number of hydrogen-bond donors (Lipinski definition) is 1. The molecular formula is C13H16N2O2S. The number of fused-ring (bicyclic) bond motifs is 1. The number of benzene rings is 1. The lowest BCUT2D eigenvalue weighted by atomic mass is 10.1. The van der Waals surface area contributed by atoms with E-state index in [0.717, 1.165) is 17.9 Å². The Bertz CT molecular complexity index is 476. The van der Waals surface area contributed by atoms with E-state index in [9.17, 15) is 4.79 Å². The molecule has 1 amide bonds. The van der Waals surface area contributed by atoms with Crippen LogP contribution < -0.4 is 15.4 Å². The molecule has 1 aliphatic heterocycles. The molecule has 1 heterocycles. The van der Waals surface area contributed by atoms with Gasteiger partial charge in [-0.2, -0.15) is 0 Å². The maximum Gasteiger partial charge on any atom is 0.236 e. The van der Waals surface area contributed by atoms with Crippen molar-refractivity contribution in [1.82, 2.24) is 0 Å². The van der Waals surface area contributed by atoms with E-state index in [0.29, 0.717) is 13.2 Å². The fourth-order valence-electron chi connectivity index (χ4n) is 1.91. The Labute approximate surface area is 112 Å². The number of amides is 1. The third kappa shape index (κ3) is 2.46. The van der Waals surface area contributed by atoms with Gasteiger partial charge in [-0.1, -0.05) is 24.4 Å². The first kappa shape index (κ1) is 12.8. The zero-order valence-corrected chi connectivity index (χ0v) is 11.1. The second-order valence-electron chi connectivity index (χ2n) is 4.28. The van der Waals surface area contributed by atoms with Crippen LogP contribution in [0.15, 0.2) is 24.3 Å². The van der Waals surface area contributed by atoms with Gasteiger partial charge in [0.15, 0.2) is 0 Å². The Morgan fingerprint density at radius 2 is 2.22 bits per heavy atom. The molecule has 1 aliphatic rings. The van der Waals surface area contributed by atoms with Crippen molar-refractivity contribution in [3.63, 3.8) is 0 Å². The quantitative estimate of drug-likeness (QED) is 0.826. The smallest absolute Gasteiger partial charge is 0.236 e. The summed E-state index contributed by atoms with van der Waals surface area (Å²) >= 11 is 4.90. The number of rotatable bonds is 2. The highest BCUT2D eigenvalue weighted by Crippen LogP contribution is 2.31. The Kier molecular flexibility index (Phi) is 3.81. The van der Waals surface area contributed by atoms with Crippen molar-refractivity contribution in [1.29, 1.82) is 0 Å². The minimum Gasteiger partial charge on any atom is -0.491 e. The molecule has 0 bridgehead atoms. The third-order valence-corrected chi connectivity index (χ3v) is 3.36. The molecule has 0 aliphatic carbocycles. The molecular weight excluding hydrogens is 248 g/mol. The van der Waals surface area contributed by atoms with E-state index in [2.05, 4.69) is 0 Å². The molecule has 0 aromatic heterocycles. The van der Waals surface area contributed by atoms with Crippen LogP contribution >= 0.6 is 12.2 Å². The van der Waals surface area contributed by atoms with Gasteiger partial charge in [-0.05, 0) is 25.5 Å². The fourth-order valence-corrected chi connectivity index (χ4v) is 2.01. The van der Waals surface area contributed by atoms with Crippen LogP contribution in [-0.4, -0.2) is 24.0 Å². The molecule has 2 rings (SSSR count). The number of anilines is 1. The van der Waals surface area contributed by atoms with Crippen LogP contribution in [0.4, 0.5) is 5.69 Å². The summed E-state index contributed by atoms with van der Waals surface area (Å²) in [6.07, 6.45) is 0.796. The van der Waals surface area contributed by atoms with Crippen LogP contribution in [0.25, 0.3) is 0 Å². The fraction of sp³-hybridized carbons (Fsp3) is 0.385. The molecule has 0 radical (unpaired) electrons. The first-order valence-corrected chi connectivity index (χ1v) is 6.34. The zero-order chi connectivity index (χ0) is 13.1. The molecule has 2 N–H and O–H groups in total. The number of carbonyl (C=O) groups is 1. The highest BCUT2D eigenvalue weighted by atomic mass is 32.1. The van der Waals surface area contributed by atoms with E-state index in [4.69, 9.17) is 22.7 Å². The first-order chi connectivity index (χ1) is 8.61. The monoisotopic (exact) mass is 264 g/mol. The van der Waals surface area contributed by atoms with E-state index >= 15 is 0 Å². The second-order valence-corrected chi connectivity index (χ2v) is 4.76. The molecule has 96 valence electrons. The van der Waals surface area contributed by atoms with Gasteiger partial charge < -0.3 is 15.4 Å². The normalized spacial score (nSPS) is 16.2. The van der Waals surface area contributed by atoms with Gasteiger partial charge in [0.05, 0.1) is 23.2 Å². The van der Waals surface area contributed by atoms with Gasteiger partial charge in [0.2, 0.25) is 5.91 Å². The van der Waals surface area contributed by atoms with Gasteiger partial charge in [0.1, 0.15) is 5.75 Å². The predicted octanol–water partition coefficient (Wildman–Crippen LogP) is 1.72. The Morgan fingerprint density at radius 1 is 1.50 bits per heavy atom. The van der Waals surface area contributed by atoms with Crippen LogP contribution in [0.1, 0.15) is 13.3 Å². The van der Waals surface area contributed by atoms with Gasteiger partial charge in [0, 0.05) is 6.54 Å². The Balaban J connectivity index is 2.33. The molecule has 1 atom stereocenters. The average molecular weight is 264 g/mol. The van der Waals surface area contributed by atoms with Crippen molar-refractivity contribution in [2.75, 3.05) is 18.1 Å². The van der Waals surface area contributed by atoms with Crippen LogP contribution in [0.5, 0.6) is 5.75 Å². The van der Waals surface area contributed by atoms with E-state index < -0.39 is 5.92 Å². The topological polar surface area (TPSA) is 55.6 Å². The van der Waals surface area contributed by atoms with E-state index in [1.54, 1.807) is 11.8 Å². The third-order valence-electron chi connectivity index (χ3n) is 3.00. The lowest BCUT2D eigenvalue weighted by Crippen LogP contribution is -2.40. The summed E-state index contributed by atoms with van der Waals surface area (Å²) in [7, 11) is 0. The number of hydrogen-bond acceptors (Lipinski definition) is 3. The molecule has 1 aromatic carbocycles. The lowest BCUT2D eigenvalue weighted by molar-refractivity contribution is -0.120. The van der Waals surface area contributed by atoms with Crippen molar-refractivity contribution in [3.8, 4) is 5.75 Å². The minimum absolute atomic E-state index is 0.0690. The van der Waals surface area contributed by atoms with Crippen molar-refractivity contribution >= 4 is 28.8 Å². The summed E-state index contributed by atoms with van der Waals surface area (Å²) < 4.78 is 5.61. The molecule has 1 unspecified atom stereocenters. The summed E-state index contributed by atoms with van der Waals surface area (Å²) in [6.45, 7) is 2.98. The van der Waals surface area contributed by atoms with Gasteiger partial charge in [-0.3, -0.25) is 4.79 Å². The van der Waals surface area contributed by atoms with E-state index in [1.165, 1.54) is 0 Å². The lowest BCUT2D eigenvalue weighted by Gasteiger charge is -2.24. The maximum atomic E-state index is 12.4. The van der Waals surface area contributed by atoms with Crippen LogP contribution in [0.2, 0.25) is 0 Å². The van der Waals surface area contributed by atoms with Crippen LogP contribution in [-0.2, 0) is 4.79 Å². The van der Waals surface area contributed by atoms with Crippen molar-refractivity contribution in [2.45, 2.75) is 13.3 Å². The number of para-hydroxylation sites is 2. The molecule has 5 heteroatoms. The molecule has 4 nitrogen and oxygen atoms in total. The number of thiocarbonyl (C=S) groups is 1. The SMILES string of the molecule is CC(C(=O)N1CCCOc2ccccc21)C(N)=S. The Hall–Kier alpha value is -1.62. The zero-order valence-electron chi connectivity index (χ0n) is 10.3. The molecule has 18 heavy (non-hydrogen) atoms. The Morgan fingerprint density at radius 3 is 2.94 bits per heavy atom. The van der Waals surface area contributed by atoms with Gasteiger partial charge >= 0.3 is 0 Å². The van der Waals surface area contributed by atoms with Gasteiger partial charge in [-0.15, -0.1) is 0 Å². The van der Waals surface area contributed by atoms with Crippen molar-refractivity contribution in [2.24, 2.45) is 11.7 Å². The predicted molar refractivity (Wildman–Crippen MR) is 74.9 cm³/mol. The standard InChI is InChI=1S/C13H16N2O2S/c1-9(12(14)18)13(16)15-7-4-8-17-11-6-3-2-5-10(11)15/h2-3,5-6,9H,4,7-8H2,1H3,(H2,14,18). The number of ether oxygens (including phenoxy) is 1. The van der Waals surface area contributed by atoms with Crippen LogP contribution in [0, 0.1) is 5.92 Å². The largest absolute Gasteiger partial charge is 0.491 e. The molecule has 1 aromatic rings. The first-order valence-electron chi connectivity index (χ1n) is 5.94. The van der Waals surface area contributed by atoms with E-state index in [-0.39, 0.29) is 10.9 Å². The second kappa shape index (κ2) is 5.35. The maximum absolute atomic E-state index is 12.4. The summed E-state index contributed by atoms with van der Waals surface area (Å²) in [4.78, 5) is 14.3. The highest BCUT2D eigenvalue weighted by Gasteiger charge is 2.26. The summed E-state index contributed by atoms with van der Waals surface area (Å²) in [5, 5.41) is 0. The minimum atomic E-state index is -0.453. The van der Waals surface area contributed by atoms with Crippen molar-refractivity contribution < 1.29 is 9.53 Å². The molecule has 0 spiro atoms. The number of nitrogens with two attached hydrogens (primary N) is 1. The molecule has 0 saturated heterocycles. The van der Waals surface area contributed by atoms with Gasteiger partial charge in [0.25, 0.3) is 0 Å². The number of nitrogens with zero attached hydrogens (tertiary/aromatic N) is 1. The molecule has 0 fully saturated rings. The summed E-state index contributed by atoms with van der Waals surface area (Å²) in [5.41, 5.74) is 6.35. The number of carbonyl (C=O) groups excluding carboxylic acids is 1. The average Bonchev–Trinajstić information content (AvgIpc) is 2.59. The summed E-state index contributed by atoms with van der Waals surface area (Å²) in [6, 6.07) is 7.53. The van der Waals surface area contributed by atoms with Gasteiger partial charge in [-0.25, -0.2) is 0 Å². The molecule has 0 saturated carbocycles. The highest BCUT2D eigenvalue weighted by molar-refractivity contribution is 7.80. The van der Waals surface area contributed by atoms with Crippen molar-refractivity contribution in [3.05, 3.63) is 24.3 Å². The summed E-state index contributed by atoms with van der Waals surface area (Å²) in [5.74, 6) is 0.213.